The van der Waals surface area contributed by atoms with E-state index in [1.54, 1.807) is 0 Å². The van der Waals surface area contributed by atoms with E-state index in [0.717, 1.165) is 24.3 Å². The van der Waals surface area contributed by atoms with Gasteiger partial charge in [0.1, 0.15) is 5.66 Å². The Labute approximate surface area is 174 Å². The first-order valence-electron chi connectivity index (χ1n) is 10.6. The minimum absolute atomic E-state index is 0.0748. The van der Waals surface area contributed by atoms with Crippen molar-refractivity contribution in [1.29, 1.82) is 0 Å². The van der Waals surface area contributed by atoms with Crippen LogP contribution in [0.2, 0.25) is 0 Å². The Morgan fingerprint density at radius 1 is 1.10 bits per heavy atom. The van der Waals surface area contributed by atoms with Crippen LogP contribution in [0.1, 0.15) is 44.4 Å². The van der Waals surface area contributed by atoms with Crippen molar-refractivity contribution in [3.63, 3.8) is 0 Å². The van der Waals surface area contributed by atoms with Crippen molar-refractivity contribution in [3.05, 3.63) is 65.2 Å². The van der Waals surface area contributed by atoms with Crippen LogP contribution in [0, 0.1) is 6.92 Å². The maximum Gasteiger partial charge on any atom is 0.241 e. The molecule has 4 nitrogen and oxygen atoms in total. The average Bonchev–Trinajstić information content (AvgIpc) is 3.13. The lowest BCUT2D eigenvalue weighted by Crippen LogP contribution is -2.58. The maximum absolute atomic E-state index is 12.4. The molecule has 1 fully saturated rings. The van der Waals surface area contributed by atoms with Crippen LogP contribution in [-0.4, -0.2) is 31.2 Å². The van der Waals surface area contributed by atoms with Gasteiger partial charge in [-0.05, 0) is 56.2 Å². The number of benzene rings is 2. The molecule has 1 amide bonds. The summed E-state index contributed by atoms with van der Waals surface area (Å²) in [5.74, 6) is 0.0748. The van der Waals surface area contributed by atoms with E-state index in [4.69, 9.17) is 0 Å². The van der Waals surface area contributed by atoms with Crippen LogP contribution in [0.25, 0.3) is 6.08 Å². The quantitative estimate of drug-likeness (QED) is 0.819. The number of hydrogen-bond donors (Lipinski definition) is 1. The van der Waals surface area contributed by atoms with Gasteiger partial charge in [-0.3, -0.25) is 4.79 Å². The predicted octanol–water partition coefficient (Wildman–Crippen LogP) is 4.48. The van der Waals surface area contributed by atoms with Gasteiger partial charge < -0.3 is 15.1 Å². The van der Waals surface area contributed by atoms with Gasteiger partial charge in [0.15, 0.2) is 0 Å². The van der Waals surface area contributed by atoms with Gasteiger partial charge in [0.05, 0.1) is 6.54 Å². The first-order valence-corrected chi connectivity index (χ1v) is 10.6. The van der Waals surface area contributed by atoms with Gasteiger partial charge in [-0.25, -0.2) is 0 Å². The molecule has 0 spiro atoms. The molecule has 2 aliphatic heterocycles. The number of nitrogens with one attached hydrogen (secondary N) is 1. The molecule has 152 valence electrons. The topological polar surface area (TPSA) is 35.6 Å². The van der Waals surface area contributed by atoms with Gasteiger partial charge >= 0.3 is 0 Å². The van der Waals surface area contributed by atoms with Gasteiger partial charge in [0.2, 0.25) is 5.91 Å². The van der Waals surface area contributed by atoms with Crippen LogP contribution in [0.5, 0.6) is 0 Å². The Bertz CT molecular complexity index is 957. The molecule has 4 rings (SSSR count). The van der Waals surface area contributed by atoms with Crippen molar-refractivity contribution >= 4 is 23.4 Å². The zero-order valence-corrected chi connectivity index (χ0v) is 18.1. The number of hydrogen-bond acceptors (Lipinski definition) is 3. The zero-order chi connectivity index (χ0) is 20.8. The number of fused-ring (bicyclic) bond motifs is 3. The number of aryl methyl sites for hydroxylation is 1. The smallest absolute Gasteiger partial charge is 0.241 e. The van der Waals surface area contributed by atoms with Gasteiger partial charge in [0, 0.05) is 29.9 Å². The van der Waals surface area contributed by atoms with Crippen LogP contribution in [0.4, 0.5) is 11.4 Å². The third-order valence-electron chi connectivity index (χ3n) is 6.67. The molecule has 2 aromatic carbocycles. The van der Waals surface area contributed by atoms with Gasteiger partial charge in [-0.2, -0.15) is 0 Å². The van der Waals surface area contributed by atoms with E-state index in [1.165, 1.54) is 16.8 Å². The van der Waals surface area contributed by atoms with E-state index in [2.05, 4.69) is 104 Å². The van der Waals surface area contributed by atoms with Crippen LogP contribution < -0.4 is 15.1 Å². The fraction of sp³-hybridized carbons (Fsp3) is 0.400. The molecule has 2 aliphatic rings. The van der Waals surface area contributed by atoms with E-state index < -0.39 is 5.66 Å². The third kappa shape index (κ3) is 2.93. The molecule has 1 saturated heterocycles. The largest absolute Gasteiger partial charge is 0.372 e. The lowest BCUT2D eigenvalue weighted by Gasteiger charge is -2.40. The molecular weight excluding hydrogens is 358 g/mol. The molecule has 2 heterocycles. The number of rotatable bonds is 5. The number of carbonyl (C=O) groups is 1. The second-order valence-corrected chi connectivity index (χ2v) is 8.64. The van der Waals surface area contributed by atoms with Crippen molar-refractivity contribution < 1.29 is 4.79 Å². The van der Waals surface area contributed by atoms with Crippen LogP contribution >= 0.6 is 0 Å². The summed E-state index contributed by atoms with van der Waals surface area (Å²) in [5.41, 5.74) is 5.29. The molecule has 2 aromatic rings. The van der Waals surface area contributed by atoms with E-state index in [0.29, 0.717) is 6.54 Å². The van der Waals surface area contributed by atoms with Crippen molar-refractivity contribution in [3.8, 4) is 0 Å². The average molecular weight is 390 g/mol. The predicted molar refractivity (Wildman–Crippen MR) is 121 cm³/mol. The fourth-order valence-electron chi connectivity index (χ4n) is 4.89. The molecule has 0 saturated carbocycles. The van der Waals surface area contributed by atoms with E-state index >= 15 is 0 Å². The summed E-state index contributed by atoms with van der Waals surface area (Å²) < 4.78 is 0. The SMILES string of the molecule is CCN(CC)c1ccc(/C=C/C23NC(=O)CN2c2ccc(C)cc2C3(C)C)cc1. The van der Waals surface area contributed by atoms with Crippen molar-refractivity contribution in [2.45, 2.75) is 45.7 Å². The lowest BCUT2D eigenvalue weighted by atomic mass is 9.75. The number of carbonyl (C=O) groups excluding carboxylic acids is 1. The molecule has 1 atom stereocenters. The number of anilines is 2. The zero-order valence-electron chi connectivity index (χ0n) is 18.1. The van der Waals surface area contributed by atoms with E-state index in [9.17, 15) is 4.79 Å². The summed E-state index contributed by atoms with van der Waals surface area (Å²) in [7, 11) is 0. The lowest BCUT2D eigenvalue weighted by molar-refractivity contribution is -0.118. The molecule has 1 unspecified atom stereocenters. The first-order chi connectivity index (χ1) is 13.8. The molecule has 1 N–H and O–H groups in total. The van der Waals surface area contributed by atoms with Gasteiger partial charge in [0.25, 0.3) is 0 Å². The normalized spacial score (nSPS) is 22.0. The van der Waals surface area contributed by atoms with E-state index in [1.807, 2.05) is 0 Å². The Morgan fingerprint density at radius 3 is 2.45 bits per heavy atom. The summed E-state index contributed by atoms with van der Waals surface area (Å²) in [6.07, 6.45) is 4.32. The highest BCUT2D eigenvalue weighted by Crippen LogP contribution is 2.53. The summed E-state index contributed by atoms with van der Waals surface area (Å²) in [6.45, 7) is 13.3. The minimum atomic E-state index is -0.544. The Morgan fingerprint density at radius 2 is 1.79 bits per heavy atom. The molecule has 0 aromatic heterocycles. The van der Waals surface area contributed by atoms with Crippen LogP contribution in [-0.2, 0) is 10.2 Å². The highest BCUT2D eigenvalue weighted by Gasteiger charge is 2.59. The van der Waals surface area contributed by atoms with Crippen molar-refractivity contribution in [1.82, 2.24) is 5.32 Å². The summed E-state index contributed by atoms with van der Waals surface area (Å²) in [6, 6.07) is 15.2. The molecular formula is C25H31N3O. The summed E-state index contributed by atoms with van der Waals surface area (Å²) >= 11 is 0. The van der Waals surface area contributed by atoms with Crippen LogP contribution in [0.3, 0.4) is 0 Å². The second-order valence-electron chi connectivity index (χ2n) is 8.64. The van der Waals surface area contributed by atoms with Gasteiger partial charge in [-0.15, -0.1) is 0 Å². The first kappa shape index (κ1) is 19.6. The highest BCUT2D eigenvalue weighted by atomic mass is 16.2. The molecule has 4 heteroatoms. The molecule has 29 heavy (non-hydrogen) atoms. The molecule has 0 bridgehead atoms. The fourth-order valence-corrected chi connectivity index (χ4v) is 4.89. The number of amides is 1. The highest BCUT2D eigenvalue weighted by molar-refractivity contribution is 5.91. The third-order valence-corrected chi connectivity index (χ3v) is 6.67. The Kier molecular flexibility index (Phi) is 4.68. The van der Waals surface area contributed by atoms with Crippen LogP contribution in [0.15, 0.2) is 48.5 Å². The standard InChI is InChI=1S/C25H31N3O/c1-6-27(7-2)20-11-9-19(10-12-20)14-15-25-24(4,5)21-16-18(3)8-13-22(21)28(25)17-23(29)26-25/h8-16H,6-7,17H2,1-5H3,(H,26,29)/b15-14+. The maximum atomic E-state index is 12.4. The van der Waals surface area contributed by atoms with E-state index in [-0.39, 0.29) is 11.3 Å². The molecule has 0 aliphatic carbocycles. The van der Waals surface area contributed by atoms with Crippen molar-refractivity contribution in [2.75, 3.05) is 29.4 Å². The number of nitrogens with zero attached hydrogens (tertiary/aromatic N) is 2. The Hall–Kier alpha value is -2.75. The second kappa shape index (κ2) is 6.94. The molecule has 0 radical (unpaired) electrons. The van der Waals surface area contributed by atoms with Gasteiger partial charge in [-0.1, -0.05) is 49.8 Å². The monoisotopic (exact) mass is 389 g/mol. The summed E-state index contributed by atoms with van der Waals surface area (Å²) in [5, 5.41) is 3.30. The summed E-state index contributed by atoms with van der Waals surface area (Å²) in [4.78, 5) is 17.0. The van der Waals surface area contributed by atoms with Crippen molar-refractivity contribution in [2.24, 2.45) is 0 Å². The Balaban J connectivity index is 1.70. The minimum Gasteiger partial charge on any atom is -0.372 e.